The van der Waals surface area contributed by atoms with Gasteiger partial charge in [0.1, 0.15) is 5.41 Å². The molecule has 1 aromatic carbocycles. The van der Waals surface area contributed by atoms with Crippen molar-refractivity contribution < 1.29 is 9.53 Å². The standard InChI is InChI=1S/C15H24O2Si/c1-13(16)18(5,15(2,3)4)12-17-11-14-9-7-6-8-10-14/h6-10H,11-12H2,1-5H3. The highest BCUT2D eigenvalue weighted by Gasteiger charge is 2.44. The zero-order chi connectivity index (χ0) is 13.8. The Hall–Kier alpha value is -0.933. The molecular weight excluding hydrogens is 240 g/mol. The average Bonchev–Trinajstić information content (AvgIpc) is 2.28. The number of carbonyl (C=O) groups excluding carboxylic acids is 1. The van der Waals surface area contributed by atoms with Gasteiger partial charge in [-0.15, -0.1) is 0 Å². The molecule has 0 amide bonds. The van der Waals surface area contributed by atoms with Crippen LogP contribution in [0.1, 0.15) is 33.3 Å². The average molecular weight is 264 g/mol. The molecule has 0 bridgehead atoms. The predicted molar refractivity (Wildman–Crippen MR) is 78.1 cm³/mol. The topological polar surface area (TPSA) is 26.3 Å². The second-order valence-corrected chi connectivity index (χ2v) is 11.3. The molecule has 18 heavy (non-hydrogen) atoms. The molecule has 1 unspecified atom stereocenters. The number of hydrogen-bond acceptors (Lipinski definition) is 2. The Morgan fingerprint density at radius 3 is 2.22 bits per heavy atom. The fourth-order valence-corrected chi connectivity index (χ4v) is 4.00. The highest BCUT2D eigenvalue weighted by molar-refractivity contribution is 7.06. The molecule has 0 spiro atoms. The first kappa shape index (κ1) is 15.1. The van der Waals surface area contributed by atoms with Crippen LogP contribution < -0.4 is 0 Å². The molecule has 0 aromatic heterocycles. The third-order valence-corrected chi connectivity index (χ3v) is 9.58. The third kappa shape index (κ3) is 3.53. The first-order chi connectivity index (χ1) is 8.27. The van der Waals surface area contributed by atoms with Crippen LogP contribution in [0.3, 0.4) is 0 Å². The predicted octanol–water partition coefficient (Wildman–Crippen LogP) is 3.75. The summed E-state index contributed by atoms with van der Waals surface area (Å²) < 4.78 is 5.81. The minimum Gasteiger partial charge on any atom is -0.379 e. The van der Waals surface area contributed by atoms with Crippen molar-refractivity contribution in [1.82, 2.24) is 0 Å². The van der Waals surface area contributed by atoms with Gasteiger partial charge in [-0.1, -0.05) is 57.7 Å². The number of benzene rings is 1. The summed E-state index contributed by atoms with van der Waals surface area (Å²) in [5.41, 5.74) is 1.16. The molecular formula is C15H24O2Si. The van der Waals surface area contributed by atoms with Crippen molar-refractivity contribution in [3.8, 4) is 0 Å². The van der Waals surface area contributed by atoms with Gasteiger partial charge in [0.15, 0.2) is 8.07 Å². The van der Waals surface area contributed by atoms with Crippen LogP contribution in [0.5, 0.6) is 0 Å². The van der Waals surface area contributed by atoms with E-state index in [1.807, 2.05) is 30.3 Å². The van der Waals surface area contributed by atoms with E-state index in [4.69, 9.17) is 4.74 Å². The van der Waals surface area contributed by atoms with Gasteiger partial charge in [0, 0.05) is 6.23 Å². The van der Waals surface area contributed by atoms with E-state index in [1.54, 1.807) is 6.92 Å². The third-order valence-electron chi connectivity index (χ3n) is 3.93. The van der Waals surface area contributed by atoms with Crippen molar-refractivity contribution in [2.45, 2.75) is 45.9 Å². The Balaban J connectivity index is 2.62. The Bertz CT molecular complexity index is 395. The molecule has 1 rings (SSSR count). The van der Waals surface area contributed by atoms with Crippen molar-refractivity contribution in [3.05, 3.63) is 35.9 Å². The van der Waals surface area contributed by atoms with E-state index >= 15 is 0 Å². The molecule has 1 atom stereocenters. The fourth-order valence-electron chi connectivity index (χ4n) is 1.79. The summed E-state index contributed by atoms with van der Waals surface area (Å²) in [5, 5.41) is 0.360. The maximum atomic E-state index is 11.9. The molecule has 1 aromatic rings. The zero-order valence-corrected chi connectivity index (χ0v) is 13.1. The highest BCUT2D eigenvalue weighted by Crippen LogP contribution is 2.36. The minimum absolute atomic E-state index is 0.0372. The number of hydrogen-bond donors (Lipinski definition) is 0. The Labute approximate surface area is 111 Å². The Kier molecular flexibility index (Phi) is 4.88. The summed E-state index contributed by atoms with van der Waals surface area (Å²) in [4.78, 5) is 11.9. The molecule has 0 N–H and O–H groups in total. The lowest BCUT2D eigenvalue weighted by Crippen LogP contribution is -2.52. The molecule has 2 nitrogen and oxygen atoms in total. The molecule has 0 aliphatic rings. The SMILES string of the molecule is CC(=O)[Si](C)(COCc1ccccc1)C(C)(C)C. The van der Waals surface area contributed by atoms with Crippen LogP contribution in [-0.2, 0) is 16.1 Å². The largest absolute Gasteiger partial charge is 0.379 e. The van der Waals surface area contributed by atoms with Gasteiger partial charge in [-0.05, 0) is 17.5 Å². The smallest absolute Gasteiger partial charge is 0.162 e. The van der Waals surface area contributed by atoms with Gasteiger partial charge in [0.2, 0.25) is 0 Å². The lowest BCUT2D eigenvalue weighted by atomic mass is 10.2. The lowest BCUT2D eigenvalue weighted by Gasteiger charge is -2.37. The summed E-state index contributed by atoms with van der Waals surface area (Å²) in [5.74, 6) is 0. The summed E-state index contributed by atoms with van der Waals surface area (Å²) in [7, 11) is -2.04. The van der Waals surface area contributed by atoms with Crippen LogP contribution in [0.2, 0.25) is 11.6 Å². The van der Waals surface area contributed by atoms with Crippen LogP contribution in [0.15, 0.2) is 30.3 Å². The molecule has 3 heteroatoms. The van der Waals surface area contributed by atoms with Crippen LogP contribution in [0.4, 0.5) is 0 Å². The maximum absolute atomic E-state index is 11.9. The number of rotatable bonds is 5. The van der Waals surface area contributed by atoms with Gasteiger partial charge in [-0.25, -0.2) is 0 Å². The summed E-state index contributed by atoms with van der Waals surface area (Å²) >= 11 is 0. The highest BCUT2D eigenvalue weighted by atomic mass is 28.3. The van der Waals surface area contributed by atoms with Crippen molar-refractivity contribution >= 4 is 13.5 Å². The van der Waals surface area contributed by atoms with Crippen LogP contribution in [0.25, 0.3) is 0 Å². The normalized spacial score (nSPS) is 15.2. The summed E-state index contributed by atoms with van der Waals surface area (Å²) in [6.07, 6.45) is 0.598. The molecule has 0 aliphatic carbocycles. The van der Waals surface area contributed by atoms with Gasteiger partial charge in [0.25, 0.3) is 0 Å². The second kappa shape index (κ2) is 5.80. The monoisotopic (exact) mass is 264 g/mol. The van der Waals surface area contributed by atoms with Crippen LogP contribution in [0, 0.1) is 0 Å². The molecule has 0 aliphatic heterocycles. The first-order valence-corrected chi connectivity index (χ1v) is 9.11. The van der Waals surface area contributed by atoms with Crippen LogP contribution in [-0.4, -0.2) is 19.7 Å². The van der Waals surface area contributed by atoms with Gasteiger partial charge in [-0.2, -0.15) is 0 Å². The summed E-state index contributed by atoms with van der Waals surface area (Å²) in [6, 6.07) is 10.1. The first-order valence-electron chi connectivity index (χ1n) is 6.40. The number of ether oxygens (including phenoxy) is 1. The summed E-state index contributed by atoms with van der Waals surface area (Å²) in [6.45, 7) is 10.9. The van der Waals surface area contributed by atoms with Crippen LogP contribution >= 0.6 is 0 Å². The Morgan fingerprint density at radius 1 is 1.22 bits per heavy atom. The van der Waals surface area contributed by atoms with E-state index in [0.717, 1.165) is 5.56 Å². The van der Waals surface area contributed by atoms with E-state index in [-0.39, 0.29) is 5.04 Å². The second-order valence-electron chi connectivity index (χ2n) is 6.12. The number of carbonyl (C=O) groups is 1. The van der Waals surface area contributed by atoms with Gasteiger partial charge in [0.05, 0.1) is 6.61 Å². The van der Waals surface area contributed by atoms with Gasteiger partial charge in [-0.3, -0.25) is 0 Å². The maximum Gasteiger partial charge on any atom is 0.162 e. The van der Waals surface area contributed by atoms with E-state index in [2.05, 4.69) is 27.3 Å². The molecule has 0 saturated heterocycles. The minimum atomic E-state index is -2.04. The van der Waals surface area contributed by atoms with Gasteiger partial charge >= 0.3 is 0 Å². The fraction of sp³-hybridized carbons (Fsp3) is 0.533. The lowest BCUT2D eigenvalue weighted by molar-refractivity contribution is -0.111. The quantitative estimate of drug-likeness (QED) is 0.757. The van der Waals surface area contributed by atoms with E-state index in [9.17, 15) is 4.79 Å². The van der Waals surface area contributed by atoms with Gasteiger partial charge < -0.3 is 9.53 Å². The molecule has 100 valence electrons. The van der Waals surface area contributed by atoms with Crippen molar-refractivity contribution in [2.24, 2.45) is 0 Å². The Morgan fingerprint density at radius 2 is 1.78 bits per heavy atom. The van der Waals surface area contributed by atoms with Crippen molar-refractivity contribution in [3.63, 3.8) is 0 Å². The molecule has 0 heterocycles. The van der Waals surface area contributed by atoms with E-state index < -0.39 is 8.07 Å². The van der Waals surface area contributed by atoms with Crippen molar-refractivity contribution in [2.75, 3.05) is 6.23 Å². The van der Waals surface area contributed by atoms with E-state index in [0.29, 0.717) is 18.2 Å². The molecule has 0 radical (unpaired) electrons. The van der Waals surface area contributed by atoms with E-state index in [1.165, 1.54) is 0 Å². The zero-order valence-electron chi connectivity index (χ0n) is 12.1. The molecule has 0 fully saturated rings. The van der Waals surface area contributed by atoms with Crippen molar-refractivity contribution in [1.29, 1.82) is 0 Å². The molecule has 0 saturated carbocycles.